The smallest absolute Gasteiger partial charge is 0.348 e. The van der Waals surface area contributed by atoms with Gasteiger partial charge in [0.05, 0.1) is 7.11 Å². The van der Waals surface area contributed by atoms with Crippen molar-refractivity contribution in [1.82, 2.24) is 4.90 Å². The normalized spacial score (nSPS) is 10.3. The molecule has 0 heterocycles. The molecular formula is C12H16Cl2N4O3. The number of guanidine groups is 1. The van der Waals surface area contributed by atoms with Crippen molar-refractivity contribution in [2.24, 2.45) is 10.7 Å². The van der Waals surface area contributed by atoms with Gasteiger partial charge >= 0.3 is 12.0 Å². The highest BCUT2D eigenvalue weighted by Crippen LogP contribution is 2.14. The number of methoxy groups -OCH3 is 1. The molecule has 1 aromatic rings. The van der Waals surface area contributed by atoms with Crippen molar-refractivity contribution in [1.29, 1.82) is 0 Å². The molecule has 0 spiro atoms. The van der Waals surface area contributed by atoms with E-state index >= 15 is 0 Å². The van der Waals surface area contributed by atoms with E-state index in [9.17, 15) is 9.59 Å². The third-order valence-corrected chi connectivity index (χ3v) is 2.51. The average molecular weight is 335 g/mol. The highest BCUT2D eigenvalue weighted by molar-refractivity contribution is 6.30. The Kier molecular flexibility index (Phi) is 8.18. The minimum Gasteiger partial charge on any atom is -0.468 e. The molecule has 116 valence electrons. The summed E-state index contributed by atoms with van der Waals surface area (Å²) in [5.74, 6) is -0.587. The van der Waals surface area contributed by atoms with Gasteiger partial charge in [-0.1, -0.05) is 17.7 Å². The van der Waals surface area contributed by atoms with Gasteiger partial charge in [0.2, 0.25) is 5.96 Å². The Morgan fingerprint density at radius 1 is 1.48 bits per heavy atom. The van der Waals surface area contributed by atoms with E-state index in [0.29, 0.717) is 10.7 Å². The number of hydrogen-bond donors (Lipinski definition) is 2. The molecule has 2 amide bonds. The minimum absolute atomic E-state index is 0. The van der Waals surface area contributed by atoms with E-state index in [-0.39, 0.29) is 24.9 Å². The number of halogens is 2. The predicted molar refractivity (Wildman–Crippen MR) is 84.0 cm³/mol. The van der Waals surface area contributed by atoms with Gasteiger partial charge in [-0.05, 0) is 18.2 Å². The highest BCUT2D eigenvalue weighted by Gasteiger charge is 2.10. The molecule has 21 heavy (non-hydrogen) atoms. The third-order valence-electron chi connectivity index (χ3n) is 2.28. The second-order valence-electron chi connectivity index (χ2n) is 3.84. The van der Waals surface area contributed by atoms with Gasteiger partial charge in [0.15, 0.2) is 0 Å². The summed E-state index contributed by atoms with van der Waals surface area (Å²) in [5.41, 5.74) is 6.08. The molecule has 0 aliphatic rings. The lowest BCUT2D eigenvalue weighted by atomic mass is 10.3. The zero-order valence-corrected chi connectivity index (χ0v) is 13.1. The maximum Gasteiger partial charge on any atom is 0.348 e. The molecule has 3 N–H and O–H groups in total. The number of esters is 1. The Bertz CT molecular complexity index is 537. The fourth-order valence-electron chi connectivity index (χ4n) is 1.25. The number of likely N-dealkylation sites (N-methyl/N-ethyl adjacent to an activating group) is 1. The average Bonchev–Trinajstić information content (AvgIpc) is 2.38. The van der Waals surface area contributed by atoms with E-state index < -0.39 is 12.0 Å². The monoisotopic (exact) mass is 334 g/mol. The summed E-state index contributed by atoms with van der Waals surface area (Å²) >= 11 is 5.79. The van der Waals surface area contributed by atoms with Crippen LogP contribution in [0.15, 0.2) is 29.3 Å². The summed E-state index contributed by atoms with van der Waals surface area (Å²) < 4.78 is 4.48. The first-order chi connectivity index (χ1) is 9.42. The van der Waals surface area contributed by atoms with Crippen LogP contribution in [-0.4, -0.2) is 43.6 Å². The lowest BCUT2D eigenvalue weighted by Gasteiger charge is -2.15. The van der Waals surface area contributed by atoms with E-state index in [0.717, 1.165) is 0 Å². The number of anilines is 1. The molecular weight excluding hydrogens is 319 g/mol. The van der Waals surface area contributed by atoms with E-state index in [1.165, 1.54) is 19.1 Å². The number of nitrogens with zero attached hydrogens (tertiary/aromatic N) is 2. The van der Waals surface area contributed by atoms with E-state index in [4.69, 9.17) is 17.3 Å². The van der Waals surface area contributed by atoms with Gasteiger partial charge in [0.25, 0.3) is 0 Å². The number of aliphatic imine (C=N–C) groups is 1. The molecule has 9 heteroatoms. The van der Waals surface area contributed by atoms with Crippen molar-refractivity contribution in [3.8, 4) is 0 Å². The fourth-order valence-corrected chi connectivity index (χ4v) is 1.44. The van der Waals surface area contributed by atoms with Gasteiger partial charge in [-0.3, -0.25) is 4.79 Å². The molecule has 0 aliphatic heterocycles. The second-order valence-corrected chi connectivity index (χ2v) is 4.28. The van der Waals surface area contributed by atoms with Gasteiger partial charge in [0, 0.05) is 17.8 Å². The Balaban J connectivity index is 0.00000400. The summed E-state index contributed by atoms with van der Waals surface area (Å²) in [4.78, 5) is 27.6. The number of benzene rings is 1. The van der Waals surface area contributed by atoms with Crippen molar-refractivity contribution in [3.05, 3.63) is 29.3 Å². The SMILES string of the molecule is COC(=O)CN(C)C(N)=NC(=O)Nc1cccc(Cl)c1.Cl. The van der Waals surface area contributed by atoms with Gasteiger partial charge in [-0.15, -0.1) is 12.4 Å². The number of nitrogens with one attached hydrogen (secondary N) is 1. The summed E-state index contributed by atoms with van der Waals surface area (Å²) in [5, 5.41) is 2.99. The molecule has 0 unspecified atom stereocenters. The number of nitrogens with two attached hydrogens (primary N) is 1. The maximum absolute atomic E-state index is 11.6. The molecule has 0 saturated carbocycles. The molecule has 0 aliphatic carbocycles. The first kappa shape index (κ1) is 19.0. The molecule has 0 saturated heterocycles. The molecule has 0 radical (unpaired) electrons. The van der Waals surface area contributed by atoms with E-state index in [2.05, 4.69) is 15.0 Å². The molecule has 0 atom stereocenters. The lowest BCUT2D eigenvalue weighted by Crippen LogP contribution is -2.39. The van der Waals surface area contributed by atoms with Crippen LogP contribution in [0.3, 0.4) is 0 Å². The van der Waals surface area contributed by atoms with Crippen molar-refractivity contribution in [2.75, 3.05) is 26.0 Å². The molecule has 1 aromatic carbocycles. The first-order valence-electron chi connectivity index (χ1n) is 5.61. The number of carbonyl (C=O) groups is 2. The van der Waals surface area contributed by atoms with Crippen molar-refractivity contribution >= 4 is 47.7 Å². The van der Waals surface area contributed by atoms with Crippen molar-refractivity contribution < 1.29 is 14.3 Å². The van der Waals surface area contributed by atoms with Crippen LogP contribution in [0.5, 0.6) is 0 Å². The Hall–Kier alpha value is -1.99. The predicted octanol–water partition coefficient (Wildman–Crippen LogP) is 1.71. The first-order valence-corrected chi connectivity index (χ1v) is 5.99. The summed E-state index contributed by atoms with van der Waals surface area (Å²) in [6.07, 6.45) is 0. The van der Waals surface area contributed by atoms with Crippen LogP contribution in [0.25, 0.3) is 0 Å². The van der Waals surface area contributed by atoms with E-state index in [1.807, 2.05) is 0 Å². The zero-order chi connectivity index (χ0) is 15.1. The van der Waals surface area contributed by atoms with Crippen LogP contribution in [0.4, 0.5) is 10.5 Å². The lowest BCUT2D eigenvalue weighted by molar-refractivity contribution is -0.140. The third kappa shape index (κ3) is 6.82. The van der Waals surface area contributed by atoms with Crippen LogP contribution >= 0.6 is 24.0 Å². The standard InChI is InChI=1S/C12H15ClN4O3.ClH/c1-17(7-10(18)20-2)11(14)16-12(19)15-9-5-3-4-8(13)6-9;/h3-6H,7H2,1-2H3,(H3,14,15,16,19);1H. The molecule has 0 aromatic heterocycles. The number of amides is 2. The largest absolute Gasteiger partial charge is 0.468 e. The maximum atomic E-state index is 11.6. The van der Waals surface area contributed by atoms with Crippen LogP contribution in [0.1, 0.15) is 0 Å². The Morgan fingerprint density at radius 2 is 2.14 bits per heavy atom. The number of rotatable bonds is 3. The topological polar surface area (TPSA) is 97.0 Å². The molecule has 1 rings (SSSR count). The van der Waals surface area contributed by atoms with Gasteiger partial charge in [0.1, 0.15) is 6.54 Å². The second kappa shape index (κ2) is 9.04. The summed E-state index contributed by atoms with van der Waals surface area (Å²) in [7, 11) is 2.78. The van der Waals surface area contributed by atoms with Gasteiger partial charge < -0.3 is 20.7 Å². The van der Waals surface area contributed by atoms with E-state index in [1.54, 1.807) is 24.3 Å². The number of hydrogen-bond acceptors (Lipinski definition) is 3. The van der Waals surface area contributed by atoms with Crippen LogP contribution in [0.2, 0.25) is 5.02 Å². The van der Waals surface area contributed by atoms with Gasteiger partial charge in [-0.2, -0.15) is 4.99 Å². The summed E-state index contributed by atoms with van der Waals surface area (Å²) in [6.45, 7) is -0.101. The quantitative estimate of drug-likeness (QED) is 0.498. The van der Waals surface area contributed by atoms with Crippen molar-refractivity contribution in [2.45, 2.75) is 0 Å². The number of urea groups is 1. The fraction of sp³-hybridized carbons (Fsp3) is 0.250. The van der Waals surface area contributed by atoms with Crippen LogP contribution in [-0.2, 0) is 9.53 Å². The van der Waals surface area contributed by atoms with Gasteiger partial charge in [-0.25, -0.2) is 4.79 Å². The Morgan fingerprint density at radius 3 is 2.71 bits per heavy atom. The molecule has 0 bridgehead atoms. The summed E-state index contributed by atoms with van der Waals surface area (Å²) in [6, 6.07) is 5.94. The minimum atomic E-state index is -0.665. The zero-order valence-electron chi connectivity index (χ0n) is 11.5. The number of carbonyl (C=O) groups excluding carboxylic acids is 2. The van der Waals surface area contributed by atoms with Crippen LogP contribution in [0, 0.1) is 0 Å². The van der Waals surface area contributed by atoms with Crippen molar-refractivity contribution in [3.63, 3.8) is 0 Å². The Labute approximate surface area is 133 Å². The molecule has 0 fully saturated rings. The van der Waals surface area contributed by atoms with Crippen LogP contribution < -0.4 is 11.1 Å². The number of ether oxygens (including phenoxy) is 1. The highest BCUT2D eigenvalue weighted by atomic mass is 35.5. The molecule has 7 nitrogen and oxygen atoms in total.